The number of halogens is 1. The van der Waals surface area contributed by atoms with Gasteiger partial charge in [-0.05, 0) is 92.7 Å². The van der Waals surface area contributed by atoms with Crippen molar-refractivity contribution in [3.05, 3.63) is 82.5 Å². The lowest BCUT2D eigenvalue weighted by Crippen LogP contribution is -2.50. The molecular formula is C81H115ClN10O18. The smallest absolute Gasteiger partial charge is 0.416 e. The van der Waals surface area contributed by atoms with Crippen molar-refractivity contribution in [1.82, 2.24) is 39.2 Å². The number of aromatic amines is 1. The Kier molecular flexibility index (Phi) is 31.5. The Morgan fingerprint density at radius 1 is 0.618 bits per heavy atom. The standard InChI is InChI=1S/C39H53N5O8.C34H48N4O5.C7H10ClNO5.CH4/c1-22-18-25(38(5,6)7)31(26(19-22)39(8,9)10)51-35(47)29-30(40-11)34(52-36(48)43(20-27(45)49-12)21-28(46)50-13)44-33(29)41-32(42-44)23-14-16-24(17-15-23)37(2,3)4;1-19-16-24(33(6,7)8)27(25(17-19)34(9,10)11)43-31(42)26(23(18-35)30(40)41)29-36-28(37-38(29)20(2)39)21-12-14-22(15-13-21)32(3,4)5;1-13-5(10)3-9(7(8)12)4-6(11)14-2;/h14-17,22,25-26,31H,18-21H2,1-10,12-13H3,(H,41,42);12-15,19,23-27H,16-17H2,1-11H3,(H,40,41);3-4H2,1-2H3;1H4. The van der Waals surface area contributed by atoms with Crippen LogP contribution in [0, 0.1) is 81.0 Å². The number of rotatable bonds is 18. The number of benzene rings is 2. The Morgan fingerprint density at radius 2 is 1.00 bits per heavy atom. The van der Waals surface area contributed by atoms with Gasteiger partial charge in [-0.15, -0.1) is 5.10 Å². The molecule has 2 aliphatic rings. The largest absolute Gasteiger partial charge is 0.480 e. The van der Waals surface area contributed by atoms with Gasteiger partial charge in [0.1, 0.15) is 49.9 Å². The van der Waals surface area contributed by atoms with Crippen molar-refractivity contribution in [2.45, 2.75) is 207 Å². The molecule has 28 nitrogen and oxygen atoms in total. The second-order valence-electron chi connectivity index (χ2n) is 34.6. The number of carboxylic acid groups (broad SMARTS) is 1. The average molecular weight is 1550 g/mol. The van der Waals surface area contributed by atoms with E-state index in [0.717, 1.165) is 79.7 Å². The summed E-state index contributed by atoms with van der Waals surface area (Å²) in [5, 5.41) is 26.5. The zero-order valence-corrected chi connectivity index (χ0v) is 68.6. The van der Waals surface area contributed by atoms with Gasteiger partial charge >= 0.3 is 53.2 Å². The molecule has 2 fully saturated rings. The third-order valence-corrected chi connectivity index (χ3v) is 20.3. The SMILES string of the molecule is C.CC(=O)n1nc(-c2ccc(C(C)(C)C)cc2)nc1C(C(=O)OC1C(C(C)(C)C)CC(C)CC1C(C)(C)C)C(C#N)C(=O)O.COC(=O)CN(CC(=O)OC)C(=O)Cl.[C-]#[N+]c1c(C(=O)OC2C(C(C)(C)C)CC(C)CC2C(C)(C)C)c2nc(-c3ccc(C(C)(C)C)cc3)[nH]n2c1OC(=O)N(CC(=O)OC)CC(=O)OC. The van der Waals surface area contributed by atoms with Crippen molar-refractivity contribution in [2.24, 2.45) is 63.1 Å². The Morgan fingerprint density at radius 3 is 1.34 bits per heavy atom. The van der Waals surface area contributed by atoms with Gasteiger partial charge < -0.3 is 43.2 Å². The molecule has 6 unspecified atom stereocenters. The Hall–Kier alpha value is -9.70. The lowest BCUT2D eigenvalue weighted by Gasteiger charge is -2.50. The van der Waals surface area contributed by atoms with E-state index in [2.05, 4.69) is 168 Å². The number of aliphatic carboxylic acids is 1. The van der Waals surface area contributed by atoms with Gasteiger partial charge in [0.25, 0.3) is 5.69 Å². The Bertz CT molecular complexity index is 4110. The average Bonchev–Trinajstić information content (AvgIpc) is 1.57. The molecule has 604 valence electrons. The summed E-state index contributed by atoms with van der Waals surface area (Å²) in [6.45, 7) is 50.0. The number of nitrogens with one attached hydrogen (secondary N) is 1. The molecule has 110 heavy (non-hydrogen) atoms. The summed E-state index contributed by atoms with van der Waals surface area (Å²) >= 11 is 5.12. The van der Waals surface area contributed by atoms with Crippen LogP contribution in [0.5, 0.6) is 5.88 Å². The number of carbonyl (C=O) groups is 10. The van der Waals surface area contributed by atoms with Gasteiger partial charge in [-0.1, -0.05) is 194 Å². The number of H-pyrrole nitrogens is 1. The van der Waals surface area contributed by atoms with Crippen LogP contribution < -0.4 is 4.74 Å². The molecule has 2 aromatic carbocycles. The molecule has 6 atom stereocenters. The van der Waals surface area contributed by atoms with Crippen molar-refractivity contribution in [3.63, 3.8) is 0 Å². The number of carboxylic acids is 1. The molecular weight excluding hydrogens is 1440 g/mol. The number of hydrogen-bond acceptors (Lipinski definition) is 21. The van der Waals surface area contributed by atoms with Crippen molar-refractivity contribution in [2.75, 3.05) is 54.6 Å². The first kappa shape index (κ1) is 92.7. The van der Waals surface area contributed by atoms with Gasteiger partial charge in [-0.2, -0.15) is 9.94 Å². The van der Waals surface area contributed by atoms with Crippen LogP contribution in [0.1, 0.15) is 217 Å². The quantitative estimate of drug-likeness (QED) is 0.0270. The van der Waals surface area contributed by atoms with E-state index in [9.17, 15) is 58.3 Å². The lowest BCUT2D eigenvalue weighted by atomic mass is 9.59. The molecule has 29 heteroatoms. The number of ether oxygens (including phenoxy) is 7. The van der Waals surface area contributed by atoms with Crippen LogP contribution in [0.3, 0.4) is 0 Å². The van der Waals surface area contributed by atoms with Crippen LogP contribution in [0.15, 0.2) is 48.5 Å². The number of nitrogens with zero attached hydrogens (tertiary/aromatic N) is 9. The first-order chi connectivity index (χ1) is 50.3. The van der Waals surface area contributed by atoms with E-state index in [4.69, 9.17) is 46.8 Å². The maximum absolute atomic E-state index is 14.5. The molecule has 0 bridgehead atoms. The number of fused-ring (bicyclic) bond motifs is 1. The highest BCUT2D eigenvalue weighted by atomic mass is 35.5. The fraction of sp³-hybridized carbons (Fsp3) is 0.617. The van der Waals surface area contributed by atoms with E-state index in [1.54, 1.807) is 6.07 Å². The van der Waals surface area contributed by atoms with Crippen LogP contribution in [0.2, 0.25) is 0 Å². The van der Waals surface area contributed by atoms with Gasteiger partial charge in [0.05, 0.1) is 41.1 Å². The van der Waals surface area contributed by atoms with Crippen molar-refractivity contribution in [3.8, 4) is 34.7 Å². The minimum absolute atomic E-state index is 0. The zero-order chi connectivity index (χ0) is 82.7. The van der Waals surface area contributed by atoms with Crippen molar-refractivity contribution >= 4 is 82.1 Å². The second kappa shape index (κ2) is 37.3. The molecule has 0 radical (unpaired) electrons. The van der Waals surface area contributed by atoms with E-state index in [1.165, 1.54) is 11.4 Å². The number of carbonyl (C=O) groups excluding carboxylic acids is 9. The van der Waals surface area contributed by atoms with E-state index in [0.29, 0.717) is 28.8 Å². The Labute approximate surface area is 652 Å². The molecule has 0 saturated heterocycles. The predicted molar refractivity (Wildman–Crippen MR) is 413 cm³/mol. The van der Waals surface area contributed by atoms with Crippen LogP contribution in [0.25, 0.3) is 33.3 Å². The minimum atomic E-state index is -1.84. The molecule has 2 N–H and O–H groups in total. The fourth-order valence-corrected chi connectivity index (χ4v) is 13.9. The van der Waals surface area contributed by atoms with Crippen molar-refractivity contribution < 1.29 is 86.2 Å². The van der Waals surface area contributed by atoms with E-state index < -0.39 is 96.3 Å². The highest BCUT2D eigenvalue weighted by Crippen LogP contribution is 2.52. The highest BCUT2D eigenvalue weighted by Gasteiger charge is 2.52. The van der Waals surface area contributed by atoms with Crippen molar-refractivity contribution in [1.29, 1.82) is 5.26 Å². The number of methoxy groups -OCH3 is 4. The number of hydrogen-bond donors (Lipinski definition) is 2. The zero-order valence-electron chi connectivity index (χ0n) is 67.8. The fourth-order valence-electron chi connectivity index (χ4n) is 13.8. The number of nitriles is 1. The molecule has 5 aromatic rings. The molecule has 2 saturated carbocycles. The maximum Gasteiger partial charge on any atom is 0.416 e. The summed E-state index contributed by atoms with van der Waals surface area (Å²) in [7, 11) is 4.60. The number of aromatic nitrogens is 6. The minimum Gasteiger partial charge on any atom is -0.480 e. The molecule has 2 amide bonds. The first-order valence-corrected chi connectivity index (χ1v) is 36.6. The Balaban J connectivity index is 0.000000397. The molecule has 3 heterocycles. The summed E-state index contributed by atoms with van der Waals surface area (Å²) in [5.74, 6) is -9.39. The first-order valence-electron chi connectivity index (χ1n) is 36.2. The highest BCUT2D eigenvalue weighted by molar-refractivity contribution is 6.63. The summed E-state index contributed by atoms with van der Waals surface area (Å²) < 4.78 is 38.7. The summed E-state index contributed by atoms with van der Waals surface area (Å²) in [6, 6.07) is 17.0. The molecule has 0 spiro atoms. The molecule has 7 rings (SSSR count). The van der Waals surface area contributed by atoms with Gasteiger partial charge in [-0.3, -0.25) is 48.4 Å². The summed E-state index contributed by atoms with van der Waals surface area (Å²) in [5.41, 5.74) is 2.03. The van der Waals surface area contributed by atoms with Crippen LogP contribution in [-0.4, -0.2) is 170 Å². The molecule has 3 aromatic heterocycles. The lowest BCUT2D eigenvalue weighted by molar-refractivity contribution is -0.174. The van der Waals surface area contributed by atoms with Gasteiger partial charge in [0.15, 0.2) is 29.0 Å². The van der Waals surface area contributed by atoms with Crippen LogP contribution in [-0.2, 0) is 68.0 Å². The van der Waals surface area contributed by atoms with Crippen LogP contribution >= 0.6 is 11.6 Å². The number of amides is 2. The summed E-state index contributed by atoms with van der Waals surface area (Å²) in [4.78, 5) is 139. The van der Waals surface area contributed by atoms with E-state index >= 15 is 0 Å². The van der Waals surface area contributed by atoms with E-state index in [1.807, 2.05) is 48.5 Å². The van der Waals surface area contributed by atoms with Crippen LogP contribution in [0.4, 0.5) is 15.3 Å². The second-order valence-corrected chi connectivity index (χ2v) is 34.9. The van der Waals surface area contributed by atoms with Gasteiger partial charge in [-0.25, -0.2) is 28.9 Å². The molecule has 0 aliphatic heterocycles. The van der Waals surface area contributed by atoms with Gasteiger partial charge in [0.2, 0.25) is 11.8 Å². The third kappa shape index (κ3) is 23.7. The normalized spacial score (nSPS) is 19.2. The monoisotopic (exact) mass is 1550 g/mol. The van der Waals surface area contributed by atoms with E-state index in [-0.39, 0.29) is 111 Å². The third-order valence-electron chi connectivity index (χ3n) is 20.1. The molecule has 2 aliphatic carbocycles. The number of esters is 6. The topological polar surface area (TPSA) is 354 Å². The maximum atomic E-state index is 14.5. The predicted octanol–water partition coefficient (Wildman–Crippen LogP) is 15.1. The van der Waals surface area contributed by atoms with Gasteiger partial charge in [0, 0.05) is 41.7 Å². The summed E-state index contributed by atoms with van der Waals surface area (Å²) in [6.07, 6.45) is 1.28.